The third-order valence-electron chi connectivity index (χ3n) is 1.96. The number of halogens is 1. The molecule has 2 unspecified atom stereocenters. The minimum absolute atomic E-state index is 0.380. The van der Waals surface area contributed by atoms with E-state index in [1.807, 2.05) is 0 Å². The van der Waals surface area contributed by atoms with Crippen LogP contribution in [0, 0.1) is 11.8 Å². The lowest BCUT2D eigenvalue weighted by atomic mass is 9.97. The Morgan fingerprint density at radius 3 is 2.00 bits per heavy atom. The van der Waals surface area contributed by atoms with Gasteiger partial charge in [0.1, 0.15) is 0 Å². The molecule has 0 nitrogen and oxygen atoms in total. The summed E-state index contributed by atoms with van der Waals surface area (Å²) in [5, 5.41) is 0.380. The van der Waals surface area contributed by atoms with Crippen molar-refractivity contribution in [3.63, 3.8) is 0 Å². The van der Waals surface area contributed by atoms with E-state index < -0.39 is 0 Å². The highest BCUT2D eigenvalue weighted by Gasteiger charge is 2.13. The third-order valence-corrected chi connectivity index (χ3v) is 2.57. The van der Waals surface area contributed by atoms with Gasteiger partial charge in [0, 0.05) is 5.38 Å². The Hall–Kier alpha value is 0.290. The summed E-state index contributed by atoms with van der Waals surface area (Å²) in [7, 11) is 0. The molecule has 1 heteroatoms. The summed E-state index contributed by atoms with van der Waals surface area (Å²) >= 11 is 6.13. The van der Waals surface area contributed by atoms with Crippen molar-refractivity contribution in [1.82, 2.24) is 0 Å². The number of hydrogen-bond donors (Lipinski definition) is 0. The number of rotatable bonds is 4. The molecule has 0 aromatic rings. The summed E-state index contributed by atoms with van der Waals surface area (Å²) in [6.45, 7) is 8.86. The smallest absolute Gasteiger partial charge is 0.0364 e. The monoisotopic (exact) mass is 162 g/mol. The van der Waals surface area contributed by atoms with Crippen molar-refractivity contribution >= 4 is 11.6 Å². The van der Waals surface area contributed by atoms with Gasteiger partial charge in [0.25, 0.3) is 0 Å². The lowest BCUT2D eigenvalue weighted by molar-refractivity contribution is 0.449. The maximum Gasteiger partial charge on any atom is 0.0364 e. The SMILES string of the molecule is CCC(C)C(Cl)CC(C)C. The third kappa shape index (κ3) is 4.16. The van der Waals surface area contributed by atoms with Gasteiger partial charge in [-0.3, -0.25) is 0 Å². The molecule has 2 atom stereocenters. The number of alkyl halides is 1. The first-order valence-electron chi connectivity index (χ1n) is 4.22. The normalized spacial score (nSPS) is 17.4. The van der Waals surface area contributed by atoms with Gasteiger partial charge in [0.15, 0.2) is 0 Å². The summed E-state index contributed by atoms with van der Waals surface area (Å²) < 4.78 is 0. The fraction of sp³-hybridized carbons (Fsp3) is 1.00. The lowest BCUT2D eigenvalue weighted by Gasteiger charge is -2.17. The van der Waals surface area contributed by atoms with E-state index in [0.29, 0.717) is 11.3 Å². The van der Waals surface area contributed by atoms with Gasteiger partial charge in [-0.2, -0.15) is 0 Å². The Kier molecular flexibility index (Phi) is 5.15. The molecule has 0 aliphatic rings. The largest absolute Gasteiger partial charge is 0.123 e. The highest BCUT2D eigenvalue weighted by molar-refractivity contribution is 6.20. The van der Waals surface area contributed by atoms with Gasteiger partial charge >= 0.3 is 0 Å². The summed E-state index contributed by atoms with van der Waals surface area (Å²) in [4.78, 5) is 0. The van der Waals surface area contributed by atoms with Gasteiger partial charge in [-0.1, -0.05) is 34.1 Å². The van der Waals surface area contributed by atoms with Crippen LogP contribution in [0.25, 0.3) is 0 Å². The summed E-state index contributed by atoms with van der Waals surface area (Å²) in [5.41, 5.74) is 0. The van der Waals surface area contributed by atoms with Crippen LogP contribution in [0.2, 0.25) is 0 Å². The predicted molar refractivity (Wildman–Crippen MR) is 48.6 cm³/mol. The van der Waals surface area contributed by atoms with Gasteiger partial charge < -0.3 is 0 Å². The molecule has 0 amide bonds. The maximum atomic E-state index is 6.13. The van der Waals surface area contributed by atoms with Crippen molar-refractivity contribution < 1.29 is 0 Å². The molecule has 0 radical (unpaired) electrons. The van der Waals surface area contributed by atoms with Crippen molar-refractivity contribution in [2.45, 2.75) is 45.9 Å². The molecule has 0 spiro atoms. The zero-order valence-corrected chi connectivity index (χ0v) is 8.28. The predicted octanol–water partition coefficient (Wildman–Crippen LogP) is 3.69. The molecule has 0 aliphatic heterocycles. The molecular weight excluding hydrogens is 144 g/mol. The van der Waals surface area contributed by atoms with E-state index in [1.54, 1.807) is 0 Å². The van der Waals surface area contributed by atoms with Crippen LogP contribution >= 0.6 is 11.6 Å². The minimum Gasteiger partial charge on any atom is -0.123 e. The van der Waals surface area contributed by atoms with Gasteiger partial charge in [-0.15, -0.1) is 11.6 Å². The molecule has 62 valence electrons. The molecule has 0 rings (SSSR count). The molecule has 0 aromatic heterocycles. The summed E-state index contributed by atoms with van der Waals surface area (Å²) in [5.74, 6) is 1.40. The topological polar surface area (TPSA) is 0 Å². The Labute approximate surface area is 70.0 Å². The van der Waals surface area contributed by atoms with E-state index >= 15 is 0 Å². The van der Waals surface area contributed by atoms with Crippen LogP contribution in [0.5, 0.6) is 0 Å². The van der Waals surface area contributed by atoms with Gasteiger partial charge in [-0.05, 0) is 18.3 Å². The fourth-order valence-electron chi connectivity index (χ4n) is 0.938. The Morgan fingerprint density at radius 2 is 1.70 bits per heavy atom. The standard InChI is InChI=1S/C9H19Cl/c1-5-8(4)9(10)6-7(2)3/h7-9H,5-6H2,1-4H3. The zero-order valence-electron chi connectivity index (χ0n) is 7.52. The van der Waals surface area contributed by atoms with E-state index in [0.717, 1.165) is 12.3 Å². The van der Waals surface area contributed by atoms with Crippen molar-refractivity contribution in [1.29, 1.82) is 0 Å². The average Bonchev–Trinajstić information content (AvgIpc) is 1.85. The van der Waals surface area contributed by atoms with Crippen molar-refractivity contribution in [2.24, 2.45) is 11.8 Å². The van der Waals surface area contributed by atoms with Gasteiger partial charge in [0.2, 0.25) is 0 Å². The molecule has 0 saturated heterocycles. The Morgan fingerprint density at radius 1 is 1.20 bits per heavy atom. The fourth-order valence-corrected chi connectivity index (χ4v) is 1.47. The molecule has 0 fully saturated rings. The van der Waals surface area contributed by atoms with Crippen LogP contribution in [0.4, 0.5) is 0 Å². The van der Waals surface area contributed by atoms with Crippen molar-refractivity contribution in [2.75, 3.05) is 0 Å². The van der Waals surface area contributed by atoms with Crippen LogP contribution in [0.1, 0.15) is 40.5 Å². The van der Waals surface area contributed by atoms with Crippen LogP contribution in [-0.2, 0) is 0 Å². The molecule has 0 saturated carbocycles. The van der Waals surface area contributed by atoms with Crippen LogP contribution in [-0.4, -0.2) is 5.38 Å². The first-order valence-corrected chi connectivity index (χ1v) is 4.65. The Bertz CT molecular complexity index is 78.8. The van der Waals surface area contributed by atoms with E-state index in [1.165, 1.54) is 6.42 Å². The maximum absolute atomic E-state index is 6.13. The quantitative estimate of drug-likeness (QED) is 0.554. The molecule has 0 aromatic carbocycles. The minimum atomic E-state index is 0.380. The summed E-state index contributed by atoms with van der Waals surface area (Å²) in [6, 6.07) is 0. The molecule has 0 heterocycles. The molecule has 0 aliphatic carbocycles. The van der Waals surface area contributed by atoms with Crippen LogP contribution < -0.4 is 0 Å². The van der Waals surface area contributed by atoms with Crippen LogP contribution in [0.15, 0.2) is 0 Å². The molecule has 0 bridgehead atoms. The van der Waals surface area contributed by atoms with Gasteiger partial charge in [-0.25, -0.2) is 0 Å². The first kappa shape index (κ1) is 10.3. The van der Waals surface area contributed by atoms with E-state index in [9.17, 15) is 0 Å². The van der Waals surface area contributed by atoms with Gasteiger partial charge in [0.05, 0.1) is 0 Å². The molecule has 0 N–H and O–H groups in total. The van der Waals surface area contributed by atoms with Crippen molar-refractivity contribution in [3.8, 4) is 0 Å². The lowest BCUT2D eigenvalue weighted by Crippen LogP contribution is -2.12. The van der Waals surface area contributed by atoms with E-state index in [2.05, 4.69) is 27.7 Å². The number of hydrogen-bond acceptors (Lipinski definition) is 0. The average molecular weight is 163 g/mol. The van der Waals surface area contributed by atoms with Crippen LogP contribution in [0.3, 0.4) is 0 Å². The second-order valence-electron chi connectivity index (χ2n) is 3.53. The highest BCUT2D eigenvalue weighted by Crippen LogP contribution is 2.20. The molecule has 10 heavy (non-hydrogen) atoms. The molecular formula is C9H19Cl. The van der Waals surface area contributed by atoms with E-state index in [-0.39, 0.29) is 0 Å². The van der Waals surface area contributed by atoms with Crippen molar-refractivity contribution in [3.05, 3.63) is 0 Å². The summed E-state index contributed by atoms with van der Waals surface area (Å²) in [6.07, 6.45) is 2.34. The van der Waals surface area contributed by atoms with E-state index in [4.69, 9.17) is 11.6 Å². The Balaban J connectivity index is 3.50. The first-order chi connectivity index (χ1) is 4.57. The zero-order chi connectivity index (χ0) is 8.15. The second kappa shape index (κ2) is 5.01. The second-order valence-corrected chi connectivity index (χ2v) is 4.09. The highest BCUT2D eigenvalue weighted by atomic mass is 35.5.